The smallest absolute Gasteiger partial charge is 0.230 e. The second kappa shape index (κ2) is 9.25. The largest absolute Gasteiger partial charge is 0.379 e. The monoisotopic (exact) mass is 376 g/mol. The Hall–Kier alpha value is -1.04. The van der Waals surface area contributed by atoms with Crippen molar-refractivity contribution in [3.8, 4) is 0 Å². The molecule has 5 heteroatoms. The third kappa shape index (κ3) is 5.02. The van der Waals surface area contributed by atoms with Gasteiger partial charge in [-0.2, -0.15) is 0 Å². The van der Waals surface area contributed by atoms with Crippen LogP contribution in [-0.2, 0) is 9.53 Å². The number of hydrogen-bond donors (Lipinski definition) is 1. The molecule has 26 heavy (non-hydrogen) atoms. The number of carbonyl (C=O) groups excluding carboxylic acids is 1. The summed E-state index contributed by atoms with van der Waals surface area (Å²) in [6.45, 7) is 8.64. The molecule has 1 heterocycles. The zero-order valence-electron chi connectivity index (χ0n) is 16.2. The number of amides is 1. The minimum absolute atomic E-state index is 0.142. The number of carbonyl (C=O) groups is 1. The van der Waals surface area contributed by atoms with E-state index in [0.29, 0.717) is 5.75 Å². The van der Waals surface area contributed by atoms with E-state index < -0.39 is 0 Å². The summed E-state index contributed by atoms with van der Waals surface area (Å²) in [7, 11) is 0. The Balaban J connectivity index is 1.52. The number of rotatable bonds is 6. The van der Waals surface area contributed by atoms with Crippen LogP contribution in [0, 0.1) is 13.8 Å². The lowest BCUT2D eigenvalue weighted by Gasteiger charge is -2.48. The van der Waals surface area contributed by atoms with Crippen molar-refractivity contribution in [1.82, 2.24) is 10.2 Å². The van der Waals surface area contributed by atoms with Crippen LogP contribution in [0.5, 0.6) is 0 Å². The molecular weight excluding hydrogens is 344 g/mol. The van der Waals surface area contributed by atoms with Gasteiger partial charge in [0.15, 0.2) is 0 Å². The van der Waals surface area contributed by atoms with Crippen molar-refractivity contribution >= 4 is 17.7 Å². The number of nitrogens with one attached hydrogen (secondary N) is 1. The second-order valence-corrected chi connectivity index (χ2v) is 8.74. The van der Waals surface area contributed by atoms with Gasteiger partial charge in [-0.3, -0.25) is 9.69 Å². The first-order valence-corrected chi connectivity index (χ1v) is 10.9. The molecule has 0 radical (unpaired) electrons. The molecule has 1 aromatic carbocycles. The molecule has 0 spiro atoms. The summed E-state index contributed by atoms with van der Waals surface area (Å²) in [6, 6.07) is 6.41. The van der Waals surface area contributed by atoms with Gasteiger partial charge in [0, 0.05) is 30.1 Å². The Morgan fingerprint density at radius 1 is 1.15 bits per heavy atom. The van der Waals surface area contributed by atoms with Crippen molar-refractivity contribution in [2.24, 2.45) is 0 Å². The zero-order chi connectivity index (χ0) is 18.4. The summed E-state index contributed by atoms with van der Waals surface area (Å²) in [5.41, 5.74) is 2.72. The predicted molar refractivity (Wildman–Crippen MR) is 108 cm³/mol. The summed E-state index contributed by atoms with van der Waals surface area (Å²) >= 11 is 1.63. The quantitative estimate of drug-likeness (QED) is 0.771. The van der Waals surface area contributed by atoms with Gasteiger partial charge in [0.25, 0.3) is 0 Å². The molecule has 2 fully saturated rings. The van der Waals surface area contributed by atoms with Gasteiger partial charge in [0.05, 0.1) is 19.0 Å². The van der Waals surface area contributed by atoms with Crippen LogP contribution in [0.25, 0.3) is 0 Å². The van der Waals surface area contributed by atoms with E-state index in [4.69, 9.17) is 4.74 Å². The molecule has 144 valence electrons. The number of morpholine rings is 1. The fraction of sp³-hybridized carbons (Fsp3) is 0.667. The van der Waals surface area contributed by atoms with E-state index in [-0.39, 0.29) is 11.4 Å². The number of benzene rings is 1. The molecule has 1 N–H and O–H groups in total. The molecule has 3 rings (SSSR count). The Labute approximate surface area is 162 Å². The van der Waals surface area contributed by atoms with E-state index in [1.807, 2.05) is 0 Å². The van der Waals surface area contributed by atoms with Crippen molar-refractivity contribution in [2.45, 2.75) is 56.4 Å². The van der Waals surface area contributed by atoms with Gasteiger partial charge < -0.3 is 10.1 Å². The maximum Gasteiger partial charge on any atom is 0.230 e. The van der Waals surface area contributed by atoms with Crippen LogP contribution in [0.2, 0.25) is 0 Å². The normalized spacial score (nSPS) is 20.7. The lowest BCUT2D eigenvalue weighted by molar-refractivity contribution is -0.119. The van der Waals surface area contributed by atoms with Gasteiger partial charge in [-0.1, -0.05) is 25.3 Å². The molecular formula is C21H32N2O2S. The maximum atomic E-state index is 12.5. The summed E-state index contributed by atoms with van der Waals surface area (Å²) in [4.78, 5) is 16.2. The topological polar surface area (TPSA) is 41.6 Å². The van der Waals surface area contributed by atoms with Crippen molar-refractivity contribution < 1.29 is 9.53 Å². The van der Waals surface area contributed by atoms with Gasteiger partial charge in [0.1, 0.15) is 0 Å². The summed E-state index contributed by atoms with van der Waals surface area (Å²) in [6.07, 6.45) is 6.24. The predicted octanol–water partition coefficient (Wildman–Crippen LogP) is 3.55. The van der Waals surface area contributed by atoms with Gasteiger partial charge in [-0.25, -0.2) is 0 Å². The molecule has 1 aliphatic heterocycles. The third-order valence-electron chi connectivity index (χ3n) is 5.93. The average molecular weight is 377 g/mol. The van der Waals surface area contributed by atoms with Gasteiger partial charge in [-0.05, 0) is 49.9 Å². The molecule has 1 amide bonds. The molecule has 1 aliphatic carbocycles. The third-order valence-corrected chi connectivity index (χ3v) is 6.92. The van der Waals surface area contributed by atoms with Gasteiger partial charge >= 0.3 is 0 Å². The Morgan fingerprint density at radius 3 is 2.58 bits per heavy atom. The van der Waals surface area contributed by atoms with Crippen LogP contribution in [0.15, 0.2) is 23.1 Å². The standard InChI is InChI=1S/C21H32N2O2S/c1-17-6-7-19(14-18(17)2)26-15-20(24)22-16-21(8-4-3-5-9-21)23-10-12-25-13-11-23/h6-7,14H,3-5,8-13,15-16H2,1-2H3,(H,22,24). The first-order chi connectivity index (χ1) is 12.6. The molecule has 1 aromatic rings. The highest BCUT2D eigenvalue weighted by atomic mass is 32.2. The van der Waals surface area contributed by atoms with Crippen LogP contribution in [0.4, 0.5) is 0 Å². The average Bonchev–Trinajstić information content (AvgIpc) is 2.69. The zero-order valence-corrected chi connectivity index (χ0v) is 17.0. The fourth-order valence-electron chi connectivity index (χ4n) is 4.12. The van der Waals surface area contributed by atoms with Crippen LogP contribution in [-0.4, -0.2) is 54.9 Å². The van der Waals surface area contributed by atoms with E-state index in [0.717, 1.165) is 32.8 Å². The lowest BCUT2D eigenvalue weighted by Crippen LogP contribution is -2.59. The molecule has 1 saturated carbocycles. The van der Waals surface area contributed by atoms with E-state index in [2.05, 4.69) is 42.3 Å². The number of nitrogens with zero attached hydrogens (tertiary/aromatic N) is 1. The SMILES string of the molecule is Cc1ccc(SCC(=O)NCC2(N3CCOCC3)CCCCC2)cc1C. The van der Waals surface area contributed by atoms with Crippen LogP contribution < -0.4 is 5.32 Å². The second-order valence-electron chi connectivity index (χ2n) is 7.70. The molecule has 4 nitrogen and oxygen atoms in total. The van der Waals surface area contributed by atoms with E-state index in [9.17, 15) is 4.79 Å². The first kappa shape index (κ1) is 19.7. The molecule has 0 bridgehead atoms. The van der Waals surface area contributed by atoms with Crippen LogP contribution in [0.3, 0.4) is 0 Å². The summed E-state index contributed by atoms with van der Waals surface area (Å²) in [5.74, 6) is 0.633. The highest BCUT2D eigenvalue weighted by Gasteiger charge is 2.38. The lowest BCUT2D eigenvalue weighted by atomic mass is 9.79. The minimum Gasteiger partial charge on any atom is -0.379 e. The molecule has 2 aliphatic rings. The van der Waals surface area contributed by atoms with E-state index >= 15 is 0 Å². The van der Waals surface area contributed by atoms with Crippen molar-refractivity contribution in [2.75, 3.05) is 38.6 Å². The maximum absolute atomic E-state index is 12.5. The van der Waals surface area contributed by atoms with Crippen molar-refractivity contribution in [3.63, 3.8) is 0 Å². The Kier molecular flexibility index (Phi) is 7.01. The van der Waals surface area contributed by atoms with E-state index in [1.165, 1.54) is 48.1 Å². The number of thioether (sulfide) groups is 1. The first-order valence-electron chi connectivity index (χ1n) is 9.89. The highest BCUT2D eigenvalue weighted by Crippen LogP contribution is 2.34. The van der Waals surface area contributed by atoms with E-state index in [1.54, 1.807) is 11.8 Å². The molecule has 0 unspecified atom stereocenters. The fourth-order valence-corrected chi connectivity index (χ4v) is 4.94. The number of hydrogen-bond acceptors (Lipinski definition) is 4. The number of ether oxygens (including phenoxy) is 1. The van der Waals surface area contributed by atoms with Gasteiger partial charge in [-0.15, -0.1) is 11.8 Å². The van der Waals surface area contributed by atoms with Crippen LogP contribution in [0.1, 0.15) is 43.2 Å². The Bertz CT molecular complexity index is 608. The summed E-state index contributed by atoms with van der Waals surface area (Å²) < 4.78 is 5.53. The molecule has 1 saturated heterocycles. The van der Waals surface area contributed by atoms with Crippen molar-refractivity contribution in [3.05, 3.63) is 29.3 Å². The number of aryl methyl sites for hydroxylation is 2. The Morgan fingerprint density at radius 2 is 1.88 bits per heavy atom. The van der Waals surface area contributed by atoms with Crippen molar-refractivity contribution in [1.29, 1.82) is 0 Å². The molecule has 0 atom stereocenters. The molecule has 0 aromatic heterocycles. The summed E-state index contributed by atoms with van der Waals surface area (Å²) in [5, 5.41) is 3.24. The van der Waals surface area contributed by atoms with Crippen LogP contribution >= 0.6 is 11.8 Å². The highest BCUT2D eigenvalue weighted by molar-refractivity contribution is 8.00. The minimum atomic E-state index is 0.142. The van der Waals surface area contributed by atoms with Gasteiger partial charge in [0.2, 0.25) is 5.91 Å².